The van der Waals surface area contributed by atoms with E-state index in [0.29, 0.717) is 23.1 Å². The minimum atomic E-state index is 0. The average molecular weight is 640 g/mol. The van der Waals surface area contributed by atoms with Crippen molar-refractivity contribution in [1.82, 2.24) is 14.5 Å². The van der Waals surface area contributed by atoms with Crippen molar-refractivity contribution in [2.45, 2.75) is 19.8 Å². The Kier molecular flexibility index (Phi) is 6.04. The zero-order chi connectivity index (χ0) is 23.2. The van der Waals surface area contributed by atoms with Crippen LogP contribution < -0.4 is 4.74 Å². The molecule has 0 unspecified atom stereocenters. The van der Waals surface area contributed by atoms with Gasteiger partial charge in [-0.25, -0.2) is 9.97 Å². The van der Waals surface area contributed by atoms with Crippen LogP contribution in [0.25, 0.3) is 38.5 Å². The molecule has 0 spiro atoms. The molecular weight excluding hydrogens is 617 g/mol. The van der Waals surface area contributed by atoms with Crippen molar-refractivity contribution in [3.05, 3.63) is 96.7 Å². The number of hydrogen-bond acceptors (Lipinski definition) is 4. The van der Waals surface area contributed by atoms with Crippen LogP contribution in [0.3, 0.4) is 0 Å². The topological polar surface area (TPSA) is 60.2 Å². The number of phenols is 1. The predicted molar refractivity (Wildman–Crippen MR) is 135 cm³/mol. The van der Waals surface area contributed by atoms with Crippen molar-refractivity contribution in [2.75, 3.05) is 0 Å². The number of nitrogens with zero attached hydrogens (tertiary/aromatic N) is 3. The van der Waals surface area contributed by atoms with E-state index in [1.54, 1.807) is 12.3 Å². The van der Waals surface area contributed by atoms with E-state index in [9.17, 15) is 5.11 Å². The third-order valence-electron chi connectivity index (χ3n) is 6.12. The van der Waals surface area contributed by atoms with E-state index < -0.39 is 0 Å². The second kappa shape index (κ2) is 9.16. The predicted octanol–water partition coefficient (Wildman–Crippen LogP) is 7.15. The quantitative estimate of drug-likeness (QED) is 0.208. The summed E-state index contributed by atoms with van der Waals surface area (Å²) in [6, 6.07) is 28.9. The minimum absolute atomic E-state index is 0. The van der Waals surface area contributed by atoms with Crippen LogP contribution in [0.5, 0.6) is 17.4 Å². The van der Waals surface area contributed by atoms with E-state index in [4.69, 9.17) is 4.74 Å². The molecule has 6 rings (SSSR count). The van der Waals surface area contributed by atoms with Crippen molar-refractivity contribution in [3.8, 4) is 23.2 Å². The Bertz CT molecular complexity index is 1680. The van der Waals surface area contributed by atoms with Crippen molar-refractivity contribution < 1.29 is 30.9 Å². The molecule has 0 aliphatic heterocycles. The van der Waals surface area contributed by atoms with E-state index in [2.05, 4.69) is 46.6 Å². The molecule has 1 N–H and O–H groups in total. The van der Waals surface area contributed by atoms with Crippen LogP contribution in [0.2, 0.25) is 0 Å². The zero-order valence-corrected chi connectivity index (χ0v) is 21.4. The number of aromatic nitrogens is 3. The molecule has 0 fully saturated rings. The molecule has 0 radical (unpaired) electrons. The van der Waals surface area contributed by atoms with Crippen LogP contribution in [0.4, 0.5) is 0 Å². The monoisotopic (exact) mass is 639 g/mol. The molecule has 0 bridgehead atoms. The van der Waals surface area contributed by atoms with E-state index in [0.717, 1.165) is 38.6 Å². The molecule has 6 heteroatoms. The summed E-state index contributed by atoms with van der Waals surface area (Å²) in [6.45, 7) is 4.25. The Morgan fingerprint density at radius 3 is 2.46 bits per heavy atom. The Labute approximate surface area is 217 Å². The Balaban J connectivity index is 0.00000253. The van der Waals surface area contributed by atoms with Gasteiger partial charge in [0, 0.05) is 50.0 Å². The van der Waals surface area contributed by atoms with Gasteiger partial charge in [0.1, 0.15) is 17.1 Å². The van der Waals surface area contributed by atoms with Gasteiger partial charge in [0.05, 0.1) is 0 Å². The second-order valence-corrected chi connectivity index (χ2v) is 8.60. The van der Waals surface area contributed by atoms with Crippen molar-refractivity contribution in [1.29, 1.82) is 0 Å². The summed E-state index contributed by atoms with van der Waals surface area (Å²) >= 11 is 0. The van der Waals surface area contributed by atoms with Gasteiger partial charge in [0.15, 0.2) is 0 Å². The molecular formula is C29H22N3O2Pt-. The molecule has 0 aliphatic carbocycles. The van der Waals surface area contributed by atoms with E-state index in [1.165, 1.54) is 0 Å². The summed E-state index contributed by atoms with van der Waals surface area (Å²) in [5.41, 5.74) is 3.61. The van der Waals surface area contributed by atoms with E-state index in [-0.39, 0.29) is 26.8 Å². The fourth-order valence-electron chi connectivity index (χ4n) is 4.54. The number of pyridine rings is 2. The van der Waals surface area contributed by atoms with Crippen LogP contribution in [-0.2, 0) is 21.1 Å². The van der Waals surface area contributed by atoms with Crippen LogP contribution in [0.15, 0.2) is 85.1 Å². The van der Waals surface area contributed by atoms with Crippen molar-refractivity contribution >= 4 is 32.7 Å². The molecule has 0 amide bonds. The second-order valence-electron chi connectivity index (χ2n) is 8.60. The van der Waals surface area contributed by atoms with Gasteiger partial charge >= 0.3 is 0 Å². The molecule has 0 atom stereocenters. The SMILES string of the molecule is CC(C)c1ccc(O)c2nc(Oc3[c-]c4c(cc3)c3ccccc3n4-c3ccccn3)ccc12.[Pt]. The van der Waals surface area contributed by atoms with Gasteiger partial charge in [0.25, 0.3) is 0 Å². The Morgan fingerprint density at radius 2 is 1.66 bits per heavy atom. The fourth-order valence-corrected chi connectivity index (χ4v) is 4.54. The smallest absolute Gasteiger partial charge is 0.217 e. The summed E-state index contributed by atoms with van der Waals surface area (Å²) in [5.74, 6) is 2.22. The number of rotatable bonds is 4. The van der Waals surface area contributed by atoms with E-state index in [1.807, 2.05) is 60.7 Å². The van der Waals surface area contributed by atoms with Crippen LogP contribution in [-0.4, -0.2) is 19.6 Å². The molecule has 0 aliphatic rings. The molecule has 3 aromatic heterocycles. The maximum Gasteiger partial charge on any atom is 0.217 e. The normalized spacial score (nSPS) is 11.3. The summed E-state index contributed by atoms with van der Waals surface area (Å²) in [6.07, 6.45) is 1.78. The maximum absolute atomic E-state index is 10.4. The van der Waals surface area contributed by atoms with Gasteiger partial charge in [-0.2, -0.15) is 6.07 Å². The summed E-state index contributed by atoms with van der Waals surface area (Å²) < 4.78 is 8.21. The number of hydrogen-bond donors (Lipinski definition) is 1. The van der Waals surface area contributed by atoms with Crippen LogP contribution in [0.1, 0.15) is 25.3 Å². The van der Waals surface area contributed by atoms with E-state index >= 15 is 0 Å². The first kappa shape index (κ1) is 23.1. The fraction of sp³-hybridized carbons (Fsp3) is 0.103. The largest absolute Gasteiger partial charge is 0.506 e. The maximum atomic E-state index is 10.4. The van der Waals surface area contributed by atoms with Crippen molar-refractivity contribution in [2.24, 2.45) is 0 Å². The molecule has 5 nitrogen and oxygen atoms in total. The molecule has 6 aromatic rings. The standard InChI is InChI=1S/C29H22N3O2.Pt/c1-18(2)20-12-14-26(33)29-23(20)13-15-28(31-29)34-19-10-11-22-21-7-3-4-8-24(21)32(25(22)17-19)27-9-5-6-16-30-27;/h3-16,18,33H,1-2H3;/q-1;. The van der Waals surface area contributed by atoms with Gasteiger partial charge < -0.3 is 14.4 Å². The summed E-state index contributed by atoms with van der Waals surface area (Å²) in [4.78, 5) is 9.17. The average Bonchev–Trinajstić information content (AvgIpc) is 3.18. The molecule has 3 aromatic carbocycles. The van der Waals surface area contributed by atoms with Crippen LogP contribution in [0, 0.1) is 6.07 Å². The zero-order valence-electron chi connectivity index (χ0n) is 19.2. The van der Waals surface area contributed by atoms with Gasteiger partial charge in [0.2, 0.25) is 5.88 Å². The van der Waals surface area contributed by atoms with Crippen LogP contribution >= 0.6 is 0 Å². The number of ether oxygens (including phenoxy) is 1. The Morgan fingerprint density at radius 1 is 0.857 bits per heavy atom. The van der Waals surface area contributed by atoms with Gasteiger partial charge in [-0.3, -0.25) is 0 Å². The number of aromatic hydroxyl groups is 1. The number of benzene rings is 3. The number of para-hydroxylation sites is 1. The summed E-state index contributed by atoms with van der Waals surface area (Å²) in [5, 5.41) is 13.5. The molecule has 176 valence electrons. The minimum Gasteiger partial charge on any atom is -0.506 e. The first-order chi connectivity index (χ1) is 16.6. The van der Waals surface area contributed by atoms with Gasteiger partial charge in [-0.15, -0.1) is 17.5 Å². The first-order valence-corrected chi connectivity index (χ1v) is 11.3. The first-order valence-electron chi connectivity index (χ1n) is 11.3. The Hall–Kier alpha value is -3.69. The van der Waals surface area contributed by atoms with Gasteiger partial charge in [-0.05, 0) is 47.2 Å². The number of phenolic OH excluding ortho intramolecular Hbond substituents is 1. The number of fused-ring (bicyclic) bond motifs is 4. The molecule has 3 heterocycles. The van der Waals surface area contributed by atoms with Gasteiger partial charge in [-0.1, -0.05) is 49.7 Å². The van der Waals surface area contributed by atoms with Crippen molar-refractivity contribution in [3.63, 3.8) is 0 Å². The molecule has 0 saturated carbocycles. The third-order valence-corrected chi connectivity index (χ3v) is 6.12. The molecule has 0 saturated heterocycles. The third kappa shape index (κ3) is 3.96. The summed E-state index contributed by atoms with van der Waals surface area (Å²) in [7, 11) is 0. The molecule has 35 heavy (non-hydrogen) atoms.